The van der Waals surface area contributed by atoms with Crippen molar-refractivity contribution in [2.45, 2.75) is 30.4 Å². The zero-order valence-corrected chi connectivity index (χ0v) is 20.4. The van der Waals surface area contributed by atoms with Gasteiger partial charge < -0.3 is 15.4 Å². The molecule has 34 heavy (non-hydrogen) atoms. The molecule has 3 rings (SSSR count). The molecule has 2 N–H and O–H groups in total. The Balaban J connectivity index is 1.54. The molecule has 1 atom stereocenters. The molecule has 0 heterocycles. The largest absolute Gasteiger partial charge is 0.462 e. The van der Waals surface area contributed by atoms with E-state index in [4.69, 9.17) is 16.3 Å². The van der Waals surface area contributed by atoms with Gasteiger partial charge in [-0.05, 0) is 74.0 Å². The maximum absolute atomic E-state index is 12.6. The zero-order chi connectivity index (χ0) is 24.5. The lowest BCUT2D eigenvalue weighted by atomic mass is 10.1. The molecule has 0 saturated heterocycles. The quantitative estimate of drug-likeness (QED) is 0.288. The van der Waals surface area contributed by atoms with Crippen LogP contribution >= 0.6 is 23.4 Å². The molecule has 0 aliphatic rings. The van der Waals surface area contributed by atoms with Crippen LogP contribution in [0.15, 0.2) is 77.7 Å². The van der Waals surface area contributed by atoms with E-state index in [9.17, 15) is 14.4 Å². The summed E-state index contributed by atoms with van der Waals surface area (Å²) < 4.78 is 4.96. The fourth-order valence-electron chi connectivity index (χ4n) is 3.05. The summed E-state index contributed by atoms with van der Waals surface area (Å²) in [5.41, 5.74) is 2.55. The van der Waals surface area contributed by atoms with Crippen LogP contribution in [0, 0.1) is 0 Å². The molecular formula is C26H25ClN2O4S. The van der Waals surface area contributed by atoms with E-state index in [2.05, 4.69) is 10.6 Å². The summed E-state index contributed by atoms with van der Waals surface area (Å²) in [5, 5.41) is 5.98. The van der Waals surface area contributed by atoms with Crippen LogP contribution in [0.4, 0.5) is 11.4 Å². The minimum atomic E-state index is -0.399. The number of ether oxygens (including phenoxy) is 1. The van der Waals surface area contributed by atoms with Gasteiger partial charge in [-0.3, -0.25) is 9.59 Å². The summed E-state index contributed by atoms with van der Waals surface area (Å²) in [5.74, 6) is -0.711. The molecule has 8 heteroatoms. The second kappa shape index (κ2) is 12.3. The molecule has 0 spiro atoms. The van der Waals surface area contributed by atoms with E-state index in [1.165, 1.54) is 11.8 Å². The number of nitrogens with one attached hydrogen (secondary N) is 2. The number of hydrogen-bond acceptors (Lipinski definition) is 5. The van der Waals surface area contributed by atoms with E-state index in [0.29, 0.717) is 28.6 Å². The predicted octanol–water partition coefficient (Wildman–Crippen LogP) is 5.82. The molecule has 0 fully saturated rings. The Kier molecular flexibility index (Phi) is 9.13. The first kappa shape index (κ1) is 25.3. The Morgan fingerprint density at radius 2 is 1.65 bits per heavy atom. The van der Waals surface area contributed by atoms with E-state index in [1.54, 1.807) is 56.3 Å². The lowest BCUT2D eigenvalue weighted by molar-refractivity contribution is -0.116. The van der Waals surface area contributed by atoms with E-state index < -0.39 is 5.97 Å². The van der Waals surface area contributed by atoms with E-state index in [-0.39, 0.29) is 23.5 Å². The second-order valence-electron chi connectivity index (χ2n) is 7.43. The summed E-state index contributed by atoms with van der Waals surface area (Å²) in [7, 11) is 0. The van der Waals surface area contributed by atoms with Crippen LogP contribution in [-0.4, -0.2) is 29.6 Å². The van der Waals surface area contributed by atoms with Crippen molar-refractivity contribution in [3.63, 3.8) is 0 Å². The average molecular weight is 497 g/mol. The van der Waals surface area contributed by atoms with Gasteiger partial charge in [0.2, 0.25) is 11.8 Å². The number of amides is 2. The summed E-state index contributed by atoms with van der Waals surface area (Å²) >= 11 is 7.26. The van der Waals surface area contributed by atoms with Crippen molar-refractivity contribution in [3.05, 3.63) is 88.9 Å². The minimum Gasteiger partial charge on any atom is -0.462 e. The van der Waals surface area contributed by atoms with Gasteiger partial charge in [0.25, 0.3) is 0 Å². The standard InChI is InChI=1S/C26H25ClN2O4S/c1-3-33-26(32)19-9-13-21(14-10-19)29-25(31)17(2)34-23-6-4-5-22(16-23)28-24(30)15-18-7-11-20(27)12-8-18/h4-14,16-17H,3,15H2,1-2H3,(H,28,30)(H,29,31). The molecule has 0 aliphatic carbocycles. The second-order valence-corrected chi connectivity index (χ2v) is 9.28. The van der Waals surface area contributed by atoms with Gasteiger partial charge in [-0.2, -0.15) is 0 Å². The van der Waals surface area contributed by atoms with Crippen molar-refractivity contribution in [1.82, 2.24) is 0 Å². The monoisotopic (exact) mass is 496 g/mol. The summed E-state index contributed by atoms with van der Waals surface area (Å²) in [6.07, 6.45) is 0.238. The lowest BCUT2D eigenvalue weighted by Gasteiger charge is -2.13. The molecule has 0 aromatic heterocycles. The van der Waals surface area contributed by atoms with Crippen LogP contribution in [0.25, 0.3) is 0 Å². The zero-order valence-electron chi connectivity index (χ0n) is 18.8. The molecule has 0 aliphatic heterocycles. The number of halogens is 1. The third-order valence-corrected chi connectivity index (χ3v) is 6.09. The number of hydrogen-bond donors (Lipinski definition) is 2. The van der Waals surface area contributed by atoms with Crippen LogP contribution in [-0.2, 0) is 20.7 Å². The van der Waals surface area contributed by atoms with Gasteiger partial charge in [0.05, 0.1) is 23.8 Å². The minimum absolute atomic E-state index is 0.137. The Morgan fingerprint density at radius 3 is 2.32 bits per heavy atom. The molecule has 3 aromatic carbocycles. The van der Waals surface area contributed by atoms with Crippen molar-refractivity contribution in [2.75, 3.05) is 17.2 Å². The van der Waals surface area contributed by atoms with Crippen molar-refractivity contribution >= 4 is 52.5 Å². The van der Waals surface area contributed by atoms with Gasteiger partial charge in [0.1, 0.15) is 0 Å². The van der Waals surface area contributed by atoms with E-state index in [0.717, 1.165) is 10.5 Å². The molecular weight excluding hydrogens is 472 g/mol. The first-order valence-electron chi connectivity index (χ1n) is 10.7. The Bertz CT molecular complexity index is 1150. The topological polar surface area (TPSA) is 84.5 Å². The van der Waals surface area contributed by atoms with Crippen molar-refractivity contribution in [3.8, 4) is 0 Å². The van der Waals surface area contributed by atoms with Gasteiger partial charge in [0, 0.05) is 21.3 Å². The molecule has 2 amide bonds. The van der Waals surface area contributed by atoms with Gasteiger partial charge in [0.15, 0.2) is 0 Å². The van der Waals surface area contributed by atoms with E-state index >= 15 is 0 Å². The first-order valence-corrected chi connectivity index (χ1v) is 12.0. The molecule has 3 aromatic rings. The summed E-state index contributed by atoms with van der Waals surface area (Å²) in [6, 6.07) is 21.1. The Hall–Kier alpha value is -3.29. The Labute approximate surface area is 208 Å². The maximum atomic E-state index is 12.6. The van der Waals surface area contributed by atoms with Crippen molar-refractivity contribution in [2.24, 2.45) is 0 Å². The van der Waals surface area contributed by atoms with Gasteiger partial charge in [-0.25, -0.2) is 4.79 Å². The highest BCUT2D eigenvalue weighted by molar-refractivity contribution is 8.00. The number of thioether (sulfide) groups is 1. The number of esters is 1. The third kappa shape index (κ3) is 7.64. The normalized spacial score (nSPS) is 11.4. The van der Waals surface area contributed by atoms with Crippen molar-refractivity contribution < 1.29 is 19.1 Å². The SMILES string of the molecule is CCOC(=O)c1ccc(NC(=O)C(C)Sc2cccc(NC(=O)Cc3ccc(Cl)cc3)c2)cc1. The molecule has 6 nitrogen and oxygen atoms in total. The van der Waals surface area contributed by atoms with Crippen LogP contribution in [0.3, 0.4) is 0 Å². The van der Waals surface area contributed by atoms with Crippen LogP contribution in [0.2, 0.25) is 5.02 Å². The molecule has 0 bridgehead atoms. The van der Waals surface area contributed by atoms with Crippen LogP contribution in [0.1, 0.15) is 29.8 Å². The van der Waals surface area contributed by atoms with Crippen molar-refractivity contribution in [1.29, 1.82) is 0 Å². The molecule has 0 radical (unpaired) electrons. The number of anilines is 2. The predicted molar refractivity (Wildman–Crippen MR) is 137 cm³/mol. The number of benzene rings is 3. The number of carbonyl (C=O) groups excluding carboxylic acids is 3. The average Bonchev–Trinajstić information content (AvgIpc) is 2.81. The Morgan fingerprint density at radius 1 is 0.941 bits per heavy atom. The lowest BCUT2D eigenvalue weighted by Crippen LogP contribution is -2.22. The number of rotatable bonds is 9. The fraction of sp³-hybridized carbons (Fsp3) is 0.192. The van der Waals surface area contributed by atoms with Gasteiger partial charge >= 0.3 is 5.97 Å². The third-order valence-electron chi connectivity index (χ3n) is 4.74. The summed E-state index contributed by atoms with van der Waals surface area (Å²) in [6.45, 7) is 3.86. The first-order chi connectivity index (χ1) is 16.3. The summed E-state index contributed by atoms with van der Waals surface area (Å²) in [4.78, 5) is 37.6. The smallest absolute Gasteiger partial charge is 0.338 e. The number of carbonyl (C=O) groups is 3. The molecule has 1 unspecified atom stereocenters. The maximum Gasteiger partial charge on any atom is 0.338 e. The van der Waals surface area contributed by atoms with E-state index in [1.807, 2.05) is 30.3 Å². The van der Waals surface area contributed by atoms with Gasteiger partial charge in [-0.15, -0.1) is 11.8 Å². The highest BCUT2D eigenvalue weighted by Gasteiger charge is 2.16. The highest BCUT2D eigenvalue weighted by Crippen LogP contribution is 2.27. The van der Waals surface area contributed by atoms with Crippen LogP contribution in [0.5, 0.6) is 0 Å². The highest BCUT2D eigenvalue weighted by atomic mass is 35.5. The molecule has 0 saturated carbocycles. The fourth-order valence-corrected chi connectivity index (χ4v) is 4.10. The van der Waals surface area contributed by atoms with Crippen LogP contribution < -0.4 is 10.6 Å². The van der Waals surface area contributed by atoms with Gasteiger partial charge in [-0.1, -0.05) is 29.8 Å². The molecule has 176 valence electrons.